The van der Waals surface area contributed by atoms with Crippen LogP contribution in [0.25, 0.3) is 5.65 Å². The SMILES string of the molecule is CC(OC(=O)c1ccc2nncn2c1)C(=O)Nc1cccc(C(F)(F)F)c1. The van der Waals surface area contributed by atoms with Crippen LogP contribution in [0.5, 0.6) is 0 Å². The first-order chi connectivity index (χ1) is 12.7. The van der Waals surface area contributed by atoms with Crippen LogP contribution in [-0.4, -0.2) is 32.6 Å². The molecule has 1 unspecified atom stereocenters. The highest BCUT2D eigenvalue weighted by molar-refractivity contribution is 5.97. The third-order valence-electron chi connectivity index (χ3n) is 3.64. The highest BCUT2D eigenvalue weighted by Gasteiger charge is 2.30. The molecule has 0 saturated carbocycles. The van der Waals surface area contributed by atoms with E-state index in [1.807, 2.05) is 0 Å². The lowest BCUT2D eigenvalue weighted by Gasteiger charge is -2.14. The van der Waals surface area contributed by atoms with E-state index in [9.17, 15) is 22.8 Å². The molecular weight excluding hydrogens is 365 g/mol. The minimum absolute atomic E-state index is 0.0522. The van der Waals surface area contributed by atoms with E-state index >= 15 is 0 Å². The number of anilines is 1. The molecule has 0 bridgehead atoms. The molecule has 0 radical (unpaired) electrons. The molecule has 1 amide bonds. The Morgan fingerprint density at radius 3 is 2.74 bits per heavy atom. The number of amides is 1. The second-order valence-corrected chi connectivity index (χ2v) is 5.63. The Morgan fingerprint density at radius 1 is 1.22 bits per heavy atom. The van der Waals surface area contributed by atoms with Crippen molar-refractivity contribution in [2.24, 2.45) is 0 Å². The average Bonchev–Trinajstić information content (AvgIpc) is 3.08. The molecular formula is C17H13F3N4O3. The standard InChI is InChI=1S/C17H13F3N4O3/c1-10(15(25)22-13-4-2-3-12(7-13)17(18,19)20)27-16(26)11-5-6-14-23-21-9-24(14)8-11/h2-10H,1H3,(H,22,25). The normalized spacial score (nSPS) is 12.6. The highest BCUT2D eigenvalue weighted by Crippen LogP contribution is 2.30. The van der Waals surface area contributed by atoms with Crippen molar-refractivity contribution < 1.29 is 27.5 Å². The summed E-state index contributed by atoms with van der Waals surface area (Å²) in [5.41, 5.74) is -0.251. The molecule has 2 heterocycles. The summed E-state index contributed by atoms with van der Waals surface area (Å²) in [6, 6.07) is 7.18. The van der Waals surface area contributed by atoms with Gasteiger partial charge in [0.25, 0.3) is 5.91 Å². The number of nitrogens with one attached hydrogen (secondary N) is 1. The Kier molecular flexibility index (Phi) is 4.80. The molecule has 7 nitrogen and oxygen atoms in total. The maximum atomic E-state index is 12.7. The van der Waals surface area contributed by atoms with E-state index < -0.39 is 29.7 Å². The van der Waals surface area contributed by atoms with Crippen molar-refractivity contribution in [2.75, 3.05) is 5.32 Å². The topological polar surface area (TPSA) is 85.6 Å². The van der Waals surface area contributed by atoms with Gasteiger partial charge in [0.05, 0.1) is 11.1 Å². The van der Waals surface area contributed by atoms with Gasteiger partial charge >= 0.3 is 12.1 Å². The van der Waals surface area contributed by atoms with Gasteiger partial charge < -0.3 is 10.1 Å². The Morgan fingerprint density at radius 2 is 2.00 bits per heavy atom. The third kappa shape index (κ3) is 4.22. The van der Waals surface area contributed by atoms with Crippen molar-refractivity contribution in [1.82, 2.24) is 14.6 Å². The summed E-state index contributed by atoms with van der Waals surface area (Å²) < 4.78 is 44.7. The van der Waals surface area contributed by atoms with E-state index in [0.717, 1.165) is 12.1 Å². The average molecular weight is 378 g/mol. The predicted octanol–water partition coefficient (Wildman–Crippen LogP) is 2.93. The van der Waals surface area contributed by atoms with Crippen LogP contribution in [-0.2, 0) is 15.7 Å². The molecule has 1 atom stereocenters. The van der Waals surface area contributed by atoms with Crippen LogP contribution in [0.1, 0.15) is 22.8 Å². The number of esters is 1. The molecule has 0 aliphatic carbocycles. The lowest BCUT2D eigenvalue weighted by molar-refractivity contribution is -0.137. The molecule has 0 saturated heterocycles. The van der Waals surface area contributed by atoms with Crippen LogP contribution >= 0.6 is 0 Å². The van der Waals surface area contributed by atoms with Crippen molar-refractivity contribution >= 4 is 23.2 Å². The lowest BCUT2D eigenvalue weighted by Crippen LogP contribution is -2.30. The first-order valence-corrected chi connectivity index (χ1v) is 7.72. The summed E-state index contributed by atoms with van der Waals surface area (Å²) in [7, 11) is 0. The fourth-order valence-corrected chi connectivity index (χ4v) is 2.25. The van der Waals surface area contributed by atoms with Crippen molar-refractivity contribution in [3.05, 3.63) is 60.0 Å². The monoisotopic (exact) mass is 378 g/mol. The zero-order valence-corrected chi connectivity index (χ0v) is 13.9. The molecule has 0 fully saturated rings. The number of benzene rings is 1. The van der Waals surface area contributed by atoms with Gasteiger partial charge in [0.1, 0.15) is 6.33 Å². The second kappa shape index (κ2) is 7.06. The van der Waals surface area contributed by atoms with Gasteiger partial charge in [-0.3, -0.25) is 9.20 Å². The van der Waals surface area contributed by atoms with Gasteiger partial charge in [0, 0.05) is 11.9 Å². The lowest BCUT2D eigenvalue weighted by atomic mass is 10.2. The van der Waals surface area contributed by atoms with E-state index in [-0.39, 0.29) is 11.3 Å². The molecule has 0 spiro atoms. The molecule has 2 aromatic heterocycles. The zero-order valence-electron chi connectivity index (χ0n) is 13.9. The molecule has 27 heavy (non-hydrogen) atoms. The molecule has 0 aliphatic heterocycles. The van der Waals surface area contributed by atoms with Crippen LogP contribution in [0.15, 0.2) is 48.9 Å². The highest BCUT2D eigenvalue weighted by atomic mass is 19.4. The predicted molar refractivity (Wildman–Crippen MR) is 87.9 cm³/mol. The smallest absolute Gasteiger partial charge is 0.416 e. The molecule has 3 rings (SSSR count). The van der Waals surface area contributed by atoms with Gasteiger partial charge in [-0.1, -0.05) is 6.07 Å². The van der Waals surface area contributed by atoms with E-state index in [1.165, 1.54) is 42.0 Å². The molecule has 3 aromatic rings. The van der Waals surface area contributed by atoms with Crippen molar-refractivity contribution in [3.63, 3.8) is 0 Å². The van der Waals surface area contributed by atoms with Crippen molar-refractivity contribution in [3.8, 4) is 0 Å². The summed E-state index contributed by atoms with van der Waals surface area (Å²) in [5, 5.41) is 9.77. The molecule has 140 valence electrons. The third-order valence-corrected chi connectivity index (χ3v) is 3.64. The van der Waals surface area contributed by atoms with Crippen LogP contribution in [0.2, 0.25) is 0 Å². The number of carbonyl (C=O) groups excluding carboxylic acids is 2. The van der Waals surface area contributed by atoms with E-state index in [1.54, 1.807) is 6.07 Å². The number of alkyl halides is 3. The molecule has 1 N–H and O–H groups in total. The number of carbonyl (C=O) groups is 2. The number of pyridine rings is 1. The molecule has 10 heteroatoms. The summed E-state index contributed by atoms with van der Waals surface area (Å²) in [5.74, 6) is -1.52. The number of hydrogen-bond donors (Lipinski definition) is 1. The number of halogens is 3. The Bertz CT molecular complexity index is 1000. The minimum atomic E-state index is -4.53. The molecule has 0 aliphatic rings. The number of fused-ring (bicyclic) bond motifs is 1. The largest absolute Gasteiger partial charge is 0.449 e. The van der Waals surface area contributed by atoms with Gasteiger partial charge in [-0.15, -0.1) is 10.2 Å². The first kappa shape index (κ1) is 18.4. The fraction of sp³-hybridized carbons (Fsp3) is 0.176. The van der Waals surface area contributed by atoms with E-state index in [4.69, 9.17) is 4.74 Å². The summed E-state index contributed by atoms with van der Waals surface area (Å²) >= 11 is 0. The van der Waals surface area contributed by atoms with Gasteiger partial charge in [-0.25, -0.2) is 4.79 Å². The Balaban J connectivity index is 1.66. The fourth-order valence-electron chi connectivity index (χ4n) is 2.25. The summed E-state index contributed by atoms with van der Waals surface area (Å²) in [4.78, 5) is 24.3. The zero-order chi connectivity index (χ0) is 19.6. The van der Waals surface area contributed by atoms with Crippen LogP contribution in [0.3, 0.4) is 0 Å². The minimum Gasteiger partial charge on any atom is -0.449 e. The number of aromatic nitrogens is 3. The van der Waals surface area contributed by atoms with E-state index in [0.29, 0.717) is 5.65 Å². The Hall–Kier alpha value is -3.43. The van der Waals surface area contributed by atoms with Gasteiger partial charge in [0.15, 0.2) is 11.8 Å². The van der Waals surface area contributed by atoms with Gasteiger partial charge in [-0.05, 0) is 37.3 Å². The number of rotatable bonds is 4. The van der Waals surface area contributed by atoms with E-state index in [2.05, 4.69) is 15.5 Å². The van der Waals surface area contributed by atoms with Gasteiger partial charge in [-0.2, -0.15) is 13.2 Å². The summed E-state index contributed by atoms with van der Waals surface area (Å²) in [6.45, 7) is 1.32. The maximum Gasteiger partial charge on any atom is 0.416 e. The first-order valence-electron chi connectivity index (χ1n) is 7.72. The van der Waals surface area contributed by atoms with Crippen molar-refractivity contribution in [1.29, 1.82) is 0 Å². The Labute approximate surface area is 150 Å². The number of nitrogens with zero attached hydrogens (tertiary/aromatic N) is 3. The van der Waals surface area contributed by atoms with Crippen LogP contribution in [0, 0.1) is 0 Å². The second-order valence-electron chi connectivity index (χ2n) is 5.63. The maximum absolute atomic E-state index is 12.7. The van der Waals surface area contributed by atoms with Crippen LogP contribution in [0.4, 0.5) is 18.9 Å². The summed E-state index contributed by atoms with van der Waals surface area (Å²) in [6.07, 6.45) is -2.91. The van der Waals surface area contributed by atoms with Gasteiger partial charge in [0.2, 0.25) is 0 Å². The number of ether oxygens (including phenoxy) is 1. The van der Waals surface area contributed by atoms with Crippen LogP contribution < -0.4 is 5.32 Å². The number of hydrogen-bond acceptors (Lipinski definition) is 5. The quantitative estimate of drug-likeness (QED) is 0.706. The van der Waals surface area contributed by atoms with Crippen molar-refractivity contribution in [2.45, 2.75) is 19.2 Å². The molecule has 1 aromatic carbocycles.